The van der Waals surface area contributed by atoms with Gasteiger partial charge in [-0.25, -0.2) is 0 Å². The van der Waals surface area contributed by atoms with E-state index in [0.29, 0.717) is 6.61 Å². The number of unbranched alkanes of at least 4 members (excludes halogenated alkanes) is 1. The van der Waals surface area contributed by atoms with E-state index in [1.165, 1.54) is 18.4 Å². The van der Waals surface area contributed by atoms with E-state index in [-0.39, 0.29) is 0 Å². The van der Waals surface area contributed by atoms with Gasteiger partial charge in [0, 0.05) is 12.2 Å². The molecule has 0 atom stereocenters. The minimum atomic E-state index is 0.715. The molecule has 2 nitrogen and oxygen atoms in total. The van der Waals surface area contributed by atoms with E-state index in [2.05, 4.69) is 47.8 Å². The third-order valence-corrected chi connectivity index (χ3v) is 3.23. The van der Waals surface area contributed by atoms with Gasteiger partial charge >= 0.3 is 0 Å². The lowest BCUT2D eigenvalue weighted by molar-refractivity contribution is 0.340. The molecule has 0 fully saturated rings. The van der Waals surface area contributed by atoms with Crippen molar-refractivity contribution in [3.63, 3.8) is 0 Å². The van der Waals surface area contributed by atoms with Gasteiger partial charge in [-0.1, -0.05) is 30.3 Å². The molecular formula is C18H23NO. The van der Waals surface area contributed by atoms with Crippen molar-refractivity contribution in [1.82, 2.24) is 0 Å². The number of anilines is 1. The highest BCUT2D eigenvalue weighted by molar-refractivity contribution is 5.46. The van der Waals surface area contributed by atoms with Gasteiger partial charge in [-0.05, 0) is 56.0 Å². The van der Waals surface area contributed by atoms with Gasteiger partial charge in [-0.3, -0.25) is 0 Å². The van der Waals surface area contributed by atoms with Crippen molar-refractivity contribution in [3.05, 3.63) is 60.2 Å². The Labute approximate surface area is 121 Å². The van der Waals surface area contributed by atoms with E-state index >= 15 is 0 Å². The van der Waals surface area contributed by atoms with Crippen LogP contribution in [-0.2, 0) is 6.42 Å². The minimum absolute atomic E-state index is 0.715. The molecule has 0 heterocycles. The topological polar surface area (TPSA) is 21.3 Å². The van der Waals surface area contributed by atoms with Gasteiger partial charge in [-0.2, -0.15) is 0 Å². The minimum Gasteiger partial charge on any atom is -0.494 e. The van der Waals surface area contributed by atoms with Crippen molar-refractivity contribution >= 4 is 5.69 Å². The van der Waals surface area contributed by atoms with Crippen LogP contribution in [-0.4, -0.2) is 13.2 Å². The molecule has 0 unspecified atom stereocenters. The van der Waals surface area contributed by atoms with Crippen LogP contribution < -0.4 is 10.1 Å². The lowest BCUT2D eigenvalue weighted by Gasteiger charge is -2.08. The molecule has 0 bridgehead atoms. The first kappa shape index (κ1) is 14.4. The Morgan fingerprint density at radius 1 is 0.900 bits per heavy atom. The summed E-state index contributed by atoms with van der Waals surface area (Å²) in [6.45, 7) is 3.73. The standard InChI is InChI=1S/C18H23NO/c1-2-20-18-13-11-17(12-14-18)19-15-7-6-10-16-8-4-3-5-9-16/h3-5,8-9,11-14,19H,2,6-7,10,15H2,1H3. The maximum Gasteiger partial charge on any atom is 0.119 e. The Balaban J connectivity index is 1.63. The molecule has 0 aromatic heterocycles. The van der Waals surface area contributed by atoms with Crippen molar-refractivity contribution in [1.29, 1.82) is 0 Å². The normalized spacial score (nSPS) is 10.2. The van der Waals surface area contributed by atoms with Crippen LogP contribution in [0.3, 0.4) is 0 Å². The first-order chi connectivity index (χ1) is 9.88. The fraction of sp³-hybridized carbons (Fsp3) is 0.333. The van der Waals surface area contributed by atoms with Crippen molar-refractivity contribution in [2.45, 2.75) is 26.2 Å². The molecule has 0 saturated carbocycles. The number of ether oxygens (including phenoxy) is 1. The summed E-state index contributed by atoms with van der Waals surface area (Å²) in [4.78, 5) is 0. The highest BCUT2D eigenvalue weighted by atomic mass is 16.5. The molecule has 2 heteroatoms. The summed E-state index contributed by atoms with van der Waals surface area (Å²) in [5.41, 5.74) is 2.58. The average molecular weight is 269 g/mol. The molecule has 0 saturated heterocycles. The molecular weight excluding hydrogens is 246 g/mol. The van der Waals surface area contributed by atoms with E-state index in [1.54, 1.807) is 0 Å². The molecule has 0 spiro atoms. The first-order valence-electron chi connectivity index (χ1n) is 7.39. The van der Waals surface area contributed by atoms with Crippen LogP contribution in [0.2, 0.25) is 0 Å². The average Bonchev–Trinajstić information content (AvgIpc) is 2.50. The summed E-state index contributed by atoms with van der Waals surface area (Å²) in [5.74, 6) is 0.933. The first-order valence-corrected chi connectivity index (χ1v) is 7.39. The highest BCUT2D eigenvalue weighted by Gasteiger charge is 1.95. The second-order valence-corrected chi connectivity index (χ2v) is 4.83. The number of rotatable bonds is 8. The van der Waals surface area contributed by atoms with Gasteiger partial charge in [0.1, 0.15) is 5.75 Å². The predicted octanol–water partition coefficient (Wildman–Crippen LogP) is 4.52. The summed E-state index contributed by atoms with van der Waals surface area (Å²) in [6, 6.07) is 18.8. The third-order valence-electron chi connectivity index (χ3n) is 3.23. The lowest BCUT2D eigenvalue weighted by Crippen LogP contribution is -2.02. The van der Waals surface area contributed by atoms with E-state index in [9.17, 15) is 0 Å². The fourth-order valence-electron chi connectivity index (χ4n) is 2.17. The zero-order chi connectivity index (χ0) is 14.0. The lowest BCUT2D eigenvalue weighted by atomic mass is 10.1. The Hall–Kier alpha value is -1.96. The van der Waals surface area contributed by atoms with Crippen LogP contribution in [0.15, 0.2) is 54.6 Å². The molecule has 0 aliphatic heterocycles. The van der Waals surface area contributed by atoms with Gasteiger partial charge in [0.15, 0.2) is 0 Å². The molecule has 20 heavy (non-hydrogen) atoms. The summed E-state index contributed by atoms with van der Waals surface area (Å²) >= 11 is 0. The van der Waals surface area contributed by atoms with Crippen molar-refractivity contribution in [2.24, 2.45) is 0 Å². The Kier molecular flexibility index (Phi) is 5.97. The zero-order valence-corrected chi connectivity index (χ0v) is 12.1. The van der Waals surface area contributed by atoms with Crippen LogP contribution in [0, 0.1) is 0 Å². The Morgan fingerprint density at radius 2 is 1.65 bits per heavy atom. The molecule has 2 aromatic carbocycles. The second-order valence-electron chi connectivity index (χ2n) is 4.83. The van der Waals surface area contributed by atoms with Crippen LogP contribution >= 0.6 is 0 Å². The van der Waals surface area contributed by atoms with Crippen molar-refractivity contribution < 1.29 is 4.74 Å². The third kappa shape index (κ3) is 4.96. The fourth-order valence-corrected chi connectivity index (χ4v) is 2.17. The summed E-state index contributed by atoms with van der Waals surface area (Å²) in [6.07, 6.45) is 3.56. The van der Waals surface area contributed by atoms with Gasteiger partial charge in [0.05, 0.1) is 6.61 Å². The summed E-state index contributed by atoms with van der Waals surface area (Å²) in [7, 11) is 0. The maximum atomic E-state index is 5.43. The molecule has 0 aliphatic carbocycles. The molecule has 0 amide bonds. The molecule has 0 radical (unpaired) electrons. The van der Waals surface area contributed by atoms with Crippen LogP contribution in [0.25, 0.3) is 0 Å². The van der Waals surface area contributed by atoms with Crippen molar-refractivity contribution in [2.75, 3.05) is 18.5 Å². The quantitative estimate of drug-likeness (QED) is 0.711. The van der Waals surface area contributed by atoms with E-state index in [1.807, 2.05) is 19.1 Å². The van der Waals surface area contributed by atoms with Crippen LogP contribution in [0.4, 0.5) is 5.69 Å². The molecule has 0 aliphatic rings. The summed E-state index contributed by atoms with van der Waals surface area (Å²) in [5, 5.41) is 3.44. The van der Waals surface area contributed by atoms with Crippen LogP contribution in [0.1, 0.15) is 25.3 Å². The van der Waals surface area contributed by atoms with Gasteiger partial charge in [0.2, 0.25) is 0 Å². The van der Waals surface area contributed by atoms with Gasteiger partial charge in [0.25, 0.3) is 0 Å². The number of hydrogen-bond donors (Lipinski definition) is 1. The van der Waals surface area contributed by atoms with Gasteiger partial charge < -0.3 is 10.1 Å². The molecule has 106 valence electrons. The molecule has 1 N–H and O–H groups in total. The Bertz CT molecular complexity index is 479. The van der Waals surface area contributed by atoms with E-state index in [4.69, 9.17) is 4.74 Å². The van der Waals surface area contributed by atoms with Gasteiger partial charge in [-0.15, -0.1) is 0 Å². The largest absolute Gasteiger partial charge is 0.494 e. The molecule has 2 aromatic rings. The van der Waals surface area contributed by atoms with E-state index in [0.717, 1.165) is 24.4 Å². The highest BCUT2D eigenvalue weighted by Crippen LogP contribution is 2.15. The second kappa shape index (κ2) is 8.26. The number of benzene rings is 2. The molecule has 2 rings (SSSR count). The Morgan fingerprint density at radius 3 is 2.35 bits per heavy atom. The van der Waals surface area contributed by atoms with E-state index < -0.39 is 0 Å². The maximum absolute atomic E-state index is 5.43. The number of aryl methyl sites for hydroxylation is 1. The zero-order valence-electron chi connectivity index (χ0n) is 12.1. The smallest absolute Gasteiger partial charge is 0.119 e. The number of nitrogens with one attached hydrogen (secondary N) is 1. The predicted molar refractivity (Wildman–Crippen MR) is 85.5 cm³/mol. The SMILES string of the molecule is CCOc1ccc(NCCCCc2ccccc2)cc1. The monoisotopic (exact) mass is 269 g/mol. The van der Waals surface area contributed by atoms with Crippen LogP contribution in [0.5, 0.6) is 5.75 Å². The van der Waals surface area contributed by atoms with Crippen molar-refractivity contribution in [3.8, 4) is 5.75 Å². The summed E-state index contributed by atoms with van der Waals surface area (Å²) < 4.78 is 5.43. The number of hydrogen-bond acceptors (Lipinski definition) is 2.